The third-order valence-electron chi connectivity index (χ3n) is 5.89. The molecule has 2 amide bonds. The lowest BCUT2D eigenvalue weighted by Gasteiger charge is -2.29. The number of benzene rings is 2. The van der Waals surface area contributed by atoms with E-state index in [9.17, 15) is 9.59 Å². The van der Waals surface area contributed by atoms with Crippen molar-refractivity contribution < 1.29 is 9.59 Å². The van der Waals surface area contributed by atoms with Gasteiger partial charge in [0.05, 0.1) is 5.69 Å². The lowest BCUT2D eigenvalue weighted by atomic mass is 10.1. The lowest BCUT2D eigenvalue weighted by molar-refractivity contribution is -0.122. The van der Waals surface area contributed by atoms with Crippen LogP contribution in [0.3, 0.4) is 0 Å². The van der Waals surface area contributed by atoms with Crippen molar-refractivity contribution in [2.75, 3.05) is 4.90 Å². The highest BCUT2D eigenvalue weighted by Gasteiger charge is 2.35. The Balaban J connectivity index is 1.74. The number of hydrogen-bond donors (Lipinski definition) is 1. The quantitative estimate of drug-likeness (QED) is 0.309. The molecule has 1 fully saturated rings. The first kappa shape index (κ1) is 23.0. The first-order chi connectivity index (χ1) is 15.7. The molecule has 3 aromatic rings. The van der Waals surface area contributed by atoms with Crippen LogP contribution in [0, 0.1) is 20.8 Å². The summed E-state index contributed by atoms with van der Waals surface area (Å²) in [6.45, 7) is 7.97. The van der Waals surface area contributed by atoms with Crippen LogP contribution in [0.25, 0.3) is 11.8 Å². The van der Waals surface area contributed by atoms with E-state index in [1.807, 2.05) is 32.9 Å². The molecule has 1 aromatic heterocycles. The van der Waals surface area contributed by atoms with E-state index in [2.05, 4.69) is 41.1 Å². The van der Waals surface area contributed by atoms with E-state index in [1.165, 1.54) is 10.5 Å². The number of aromatic nitrogens is 1. The molecule has 0 atom stereocenters. The highest BCUT2D eigenvalue weighted by molar-refractivity contribution is 7.80. The molecule has 0 aliphatic carbocycles. The van der Waals surface area contributed by atoms with Gasteiger partial charge in [0, 0.05) is 22.1 Å². The Morgan fingerprint density at radius 2 is 1.67 bits per heavy atom. The second-order valence-corrected chi connectivity index (χ2v) is 8.87. The van der Waals surface area contributed by atoms with Gasteiger partial charge in [0.15, 0.2) is 5.11 Å². The van der Waals surface area contributed by atoms with Gasteiger partial charge in [-0.25, -0.2) is 0 Å². The monoisotopic (exact) mass is 477 g/mol. The van der Waals surface area contributed by atoms with Crippen LogP contribution < -0.4 is 10.2 Å². The van der Waals surface area contributed by atoms with E-state index in [-0.39, 0.29) is 10.7 Å². The molecule has 4 rings (SSSR count). The summed E-state index contributed by atoms with van der Waals surface area (Å²) in [6, 6.07) is 15.6. The Hall–Kier alpha value is -3.22. The zero-order valence-corrected chi connectivity index (χ0v) is 20.5. The fourth-order valence-corrected chi connectivity index (χ4v) is 4.44. The first-order valence-electron chi connectivity index (χ1n) is 10.7. The van der Waals surface area contributed by atoms with Crippen LogP contribution >= 0.6 is 23.8 Å². The van der Waals surface area contributed by atoms with Crippen molar-refractivity contribution in [2.45, 2.75) is 34.1 Å². The topological polar surface area (TPSA) is 54.3 Å². The van der Waals surface area contributed by atoms with E-state index in [4.69, 9.17) is 23.8 Å². The smallest absolute Gasteiger partial charge is 0.270 e. The summed E-state index contributed by atoms with van der Waals surface area (Å²) in [5.74, 6) is -1.00. The van der Waals surface area contributed by atoms with E-state index in [1.54, 1.807) is 18.2 Å². The average molecular weight is 478 g/mol. The maximum absolute atomic E-state index is 13.4. The molecule has 0 unspecified atom stereocenters. The van der Waals surface area contributed by atoms with E-state index in [0.29, 0.717) is 10.7 Å². The number of nitrogens with one attached hydrogen (secondary N) is 1. The van der Waals surface area contributed by atoms with Crippen LogP contribution in [0.15, 0.2) is 54.1 Å². The van der Waals surface area contributed by atoms with Crippen LogP contribution in [-0.2, 0) is 16.0 Å². The molecule has 168 valence electrons. The van der Waals surface area contributed by atoms with Gasteiger partial charge in [-0.1, -0.05) is 36.7 Å². The number of carbonyl (C=O) groups is 2. The molecule has 1 aliphatic heterocycles. The van der Waals surface area contributed by atoms with Crippen molar-refractivity contribution in [3.63, 3.8) is 0 Å². The maximum Gasteiger partial charge on any atom is 0.270 e. The Morgan fingerprint density at radius 3 is 2.30 bits per heavy atom. The first-order valence-corrected chi connectivity index (χ1v) is 11.5. The van der Waals surface area contributed by atoms with Gasteiger partial charge in [0.1, 0.15) is 5.57 Å². The van der Waals surface area contributed by atoms with E-state index < -0.39 is 11.8 Å². The largest absolute Gasteiger partial charge is 0.318 e. The number of rotatable bonds is 4. The summed E-state index contributed by atoms with van der Waals surface area (Å²) in [5, 5.41) is 3.18. The van der Waals surface area contributed by atoms with Crippen LogP contribution in [0.1, 0.15) is 35.0 Å². The number of anilines is 1. The summed E-state index contributed by atoms with van der Waals surface area (Å²) in [6.07, 6.45) is 2.60. The molecular weight excluding hydrogens is 454 g/mol. The number of hydrogen-bond acceptors (Lipinski definition) is 3. The molecule has 0 radical (unpaired) electrons. The number of carbonyl (C=O) groups excluding carboxylic acids is 2. The summed E-state index contributed by atoms with van der Waals surface area (Å²) in [4.78, 5) is 27.4. The van der Waals surface area contributed by atoms with Crippen LogP contribution in [-0.4, -0.2) is 21.5 Å². The molecule has 0 spiro atoms. The molecule has 1 aliphatic rings. The minimum atomic E-state index is -0.517. The number of aryl methyl sites for hydroxylation is 3. The third kappa shape index (κ3) is 4.24. The normalized spacial score (nSPS) is 15.4. The SMILES string of the molecule is CCc1ccc(-n2c(C)cc(/C=C3\C(=O)NC(=S)N(c4ccc(C)c(Cl)c4)C3=O)c2C)cc1. The fraction of sp³-hybridized carbons (Fsp3) is 0.192. The Bertz CT molecular complexity index is 1320. The molecular formula is C26H24ClN3O2S. The second kappa shape index (κ2) is 8.96. The zero-order valence-electron chi connectivity index (χ0n) is 18.9. The predicted molar refractivity (Wildman–Crippen MR) is 137 cm³/mol. The number of thiocarbonyl (C=S) groups is 1. The molecule has 0 saturated carbocycles. The number of amides is 2. The molecule has 1 N–H and O–H groups in total. The minimum absolute atomic E-state index is 0.0156. The number of halogens is 1. The van der Waals surface area contributed by atoms with Crippen LogP contribution in [0.4, 0.5) is 5.69 Å². The summed E-state index contributed by atoms with van der Waals surface area (Å²) in [5.41, 5.74) is 6.43. The molecule has 1 saturated heterocycles. The van der Waals surface area contributed by atoms with Gasteiger partial charge in [0.25, 0.3) is 11.8 Å². The van der Waals surface area contributed by atoms with E-state index in [0.717, 1.165) is 34.6 Å². The molecule has 33 heavy (non-hydrogen) atoms. The third-order valence-corrected chi connectivity index (χ3v) is 6.58. The summed E-state index contributed by atoms with van der Waals surface area (Å²) < 4.78 is 2.11. The maximum atomic E-state index is 13.4. The number of nitrogens with zero attached hydrogens (tertiary/aromatic N) is 2. The highest BCUT2D eigenvalue weighted by Crippen LogP contribution is 2.28. The highest BCUT2D eigenvalue weighted by atomic mass is 35.5. The van der Waals surface area contributed by atoms with Crippen LogP contribution in [0.5, 0.6) is 0 Å². The van der Waals surface area contributed by atoms with Crippen molar-refractivity contribution >= 4 is 52.5 Å². The van der Waals surface area contributed by atoms with Gasteiger partial charge in [-0.15, -0.1) is 0 Å². The Labute approximate surface area is 203 Å². The molecule has 7 heteroatoms. The van der Waals surface area contributed by atoms with Gasteiger partial charge < -0.3 is 4.57 Å². The fourth-order valence-electron chi connectivity index (χ4n) is 3.98. The Morgan fingerprint density at radius 1 is 1.00 bits per heavy atom. The van der Waals surface area contributed by atoms with Gasteiger partial charge in [-0.05, 0) is 92.5 Å². The Kier molecular flexibility index (Phi) is 6.23. The second-order valence-electron chi connectivity index (χ2n) is 8.07. The minimum Gasteiger partial charge on any atom is -0.318 e. The lowest BCUT2D eigenvalue weighted by Crippen LogP contribution is -2.54. The standard InChI is InChI=1S/C26H24ClN3O2S/c1-5-18-7-10-20(11-8-18)29-16(3)12-19(17(29)4)13-22-24(31)28-26(33)30(25(22)32)21-9-6-15(2)23(27)14-21/h6-14H,5H2,1-4H3,(H,28,31,33)/b22-13+. The van der Waals surface area contributed by atoms with Crippen molar-refractivity contribution in [2.24, 2.45) is 0 Å². The molecule has 2 heterocycles. The van der Waals surface area contributed by atoms with Gasteiger partial charge in [-0.2, -0.15) is 0 Å². The average Bonchev–Trinajstić information content (AvgIpc) is 3.06. The van der Waals surface area contributed by atoms with Crippen molar-refractivity contribution in [1.29, 1.82) is 0 Å². The van der Waals surface area contributed by atoms with Gasteiger partial charge in [-0.3, -0.25) is 19.8 Å². The van der Waals surface area contributed by atoms with E-state index >= 15 is 0 Å². The summed E-state index contributed by atoms with van der Waals surface area (Å²) >= 11 is 11.5. The molecule has 0 bridgehead atoms. The van der Waals surface area contributed by atoms with Crippen molar-refractivity contribution in [3.8, 4) is 5.69 Å². The predicted octanol–water partition coefficient (Wildman–Crippen LogP) is 5.45. The zero-order chi connectivity index (χ0) is 23.9. The van der Waals surface area contributed by atoms with Crippen LogP contribution in [0.2, 0.25) is 5.02 Å². The van der Waals surface area contributed by atoms with Gasteiger partial charge >= 0.3 is 0 Å². The van der Waals surface area contributed by atoms with Crippen molar-refractivity contribution in [3.05, 3.63) is 87.2 Å². The summed E-state index contributed by atoms with van der Waals surface area (Å²) in [7, 11) is 0. The molecule has 2 aromatic carbocycles. The van der Waals surface area contributed by atoms with Crippen molar-refractivity contribution in [1.82, 2.24) is 9.88 Å². The molecule has 5 nitrogen and oxygen atoms in total. The van der Waals surface area contributed by atoms with Gasteiger partial charge in [0.2, 0.25) is 0 Å².